The van der Waals surface area contributed by atoms with Crippen molar-refractivity contribution in [2.45, 2.75) is 12.4 Å². The van der Waals surface area contributed by atoms with Crippen LogP contribution in [-0.4, -0.2) is 24.7 Å². The van der Waals surface area contributed by atoms with Crippen LogP contribution < -0.4 is 15.4 Å². The Labute approximate surface area is 187 Å². The van der Waals surface area contributed by atoms with Crippen LogP contribution in [0.5, 0.6) is 5.75 Å². The average Bonchev–Trinajstić information content (AvgIpc) is 2.76. The molecule has 0 saturated heterocycles. The Morgan fingerprint density at radius 2 is 1.47 bits per heavy atom. The van der Waals surface area contributed by atoms with Crippen LogP contribution in [0, 0.1) is 0 Å². The van der Waals surface area contributed by atoms with E-state index in [1.165, 1.54) is 12.1 Å². The van der Waals surface area contributed by atoms with Crippen LogP contribution in [0.4, 0.5) is 13.2 Å². The highest BCUT2D eigenvalue weighted by Crippen LogP contribution is 2.24. The van der Waals surface area contributed by atoms with E-state index in [-0.39, 0.29) is 12.1 Å². The third-order valence-corrected chi connectivity index (χ3v) is 4.65. The molecule has 166 valence electrons. The maximum atomic E-state index is 12.5. The van der Waals surface area contributed by atoms with Gasteiger partial charge in [-0.3, -0.25) is 9.59 Å². The maximum absolute atomic E-state index is 12.5. The fraction of sp³-hybridized carbons (Fsp3) is 0.130. The van der Waals surface area contributed by atoms with Gasteiger partial charge in [0.1, 0.15) is 5.75 Å². The first kappa shape index (κ1) is 23.1. The van der Waals surface area contributed by atoms with Crippen molar-refractivity contribution in [3.63, 3.8) is 0 Å². The molecule has 3 aromatic carbocycles. The van der Waals surface area contributed by atoms with Crippen LogP contribution in [0.3, 0.4) is 0 Å². The van der Waals surface area contributed by atoms with E-state index in [0.717, 1.165) is 23.3 Å². The summed E-state index contributed by atoms with van der Waals surface area (Å²) in [7, 11) is 0. The second kappa shape index (κ2) is 10.2. The van der Waals surface area contributed by atoms with Crippen LogP contribution in [0.1, 0.15) is 27.5 Å². The zero-order valence-electron chi connectivity index (χ0n) is 16.5. The topological polar surface area (TPSA) is 67.4 Å². The summed E-state index contributed by atoms with van der Waals surface area (Å²) in [5, 5.41) is 5.88. The molecule has 0 aromatic heterocycles. The number of amides is 2. The van der Waals surface area contributed by atoms with Crippen LogP contribution in [0.25, 0.3) is 0 Å². The molecule has 2 amide bonds. The summed E-state index contributed by atoms with van der Waals surface area (Å²) in [6.45, 7) is -0.323. The minimum Gasteiger partial charge on any atom is -0.406 e. The van der Waals surface area contributed by atoms with Gasteiger partial charge < -0.3 is 15.4 Å². The third-order valence-electron chi connectivity index (χ3n) is 4.40. The van der Waals surface area contributed by atoms with E-state index in [0.29, 0.717) is 5.02 Å². The van der Waals surface area contributed by atoms with Gasteiger partial charge in [0.15, 0.2) is 0 Å². The number of benzene rings is 3. The predicted octanol–water partition coefficient (Wildman–Crippen LogP) is 4.87. The standard InChI is InChI=1S/C23H18ClF3N2O3/c24-18-10-6-16(7-11-18)21(15-4-2-1-3-5-15)29-20(30)14-28-22(31)17-8-12-19(13-9-17)32-23(25,26)27/h1-13,21H,14H2,(H,28,31)(H,29,30). The highest BCUT2D eigenvalue weighted by molar-refractivity contribution is 6.30. The first-order valence-corrected chi connectivity index (χ1v) is 9.83. The van der Waals surface area contributed by atoms with Crippen molar-refractivity contribution in [1.29, 1.82) is 0 Å². The van der Waals surface area contributed by atoms with Gasteiger partial charge in [0, 0.05) is 10.6 Å². The molecule has 1 atom stereocenters. The maximum Gasteiger partial charge on any atom is 0.573 e. The molecule has 5 nitrogen and oxygen atoms in total. The lowest BCUT2D eigenvalue weighted by Crippen LogP contribution is -2.39. The Morgan fingerprint density at radius 1 is 0.875 bits per heavy atom. The van der Waals surface area contributed by atoms with Crippen molar-refractivity contribution in [2.75, 3.05) is 6.54 Å². The fourth-order valence-corrected chi connectivity index (χ4v) is 3.07. The third kappa shape index (κ3) is 6.75. The summed E-state index contributed by atoms with van der Waals surface area (Å²) >= 11 is 5.95. The number of rotatable bonds is 7. The predicted molar refractivity (Wildman–Crippen MR) is 113 cm³/mol. The lowest BCUT2D eigenvalue weighted by Gasteiger charge is -2.20. The number of carbonyl (C=O) groups excluding carboxylic acids is 2. The number of halogens is 4. The first-order valence-electron chi connectivity index (χ1n) is 9.45. The highest BCUT2D eigenvalue weighted by atomic mass is 35.5. The lowest BCUT2D eigenvalue weighted by atomic mass is 9.98. The Bertz CT molecular complexity index is 1060. The molecule has 0 aliphatic heterocycles. The van der Waals surface area contributed by atoms with Crippen molar-refractivity contribution in [1.82, 2.24) is 10.6 Å². The zero-order chi connectivity index (χ0) is 23.1. The van der Waals surface area contributed by atoms with Gasteiger partial charge in [0.2, 0.25) is 5.91 Å². The van der Waals surface area contributed by atoms with E-state index >= 15 is 0 Å². The number of carbonyl (C=O) groups is 2. The molecule has 0 aliphatic rings. The quantitative estimate of drug-likeness (QED) is 0.526. The molecule has 0 radical (unpaired) electrons. The highest BCUT2D eigenvalue weighted by Gasteiger charge is 2.31. The van der Waals surface area contributed by atoms with Gasteiger partial charge in [0.25, 0.3) is 5.91 Å². The summed E-state index contributed by atoms with van der Waals surface area (Å²) in [6.07, 6.45) is -4.82. The van der Waals surface area contributed by atoms with Crippen LogP contribution in [0.15, 0.2) is 78.9 Å². The second-order valence-electron chi connectivity index (χ2n) is 6.72. The smallest absolute Gasteiger partial charge is 0.406 e. The van der Waals surface area contributed by atoms with Gasteiger partial charge >= 0.3 is 6.36 Å². The van der Waals surface area contributed by atoms with E-state index < -0.39 is 30.0 Å². The minimum atomic E-state index is -4.82. The molecule has 0 bridgehead atoms. The van der Waals surface area contributed by atoms with Crippen molar-refractivity contribution < 1.29 is 27.5 Å². The molecule has 0 heterocycles. The zero-order valence-corrected chi connectivity index (χ0v) is 17.3. The largest absolute Gasteiger partial charge is 0.573 e. The molecule has 0 spiro atoms. The molecular weight excluding hydrogens is 445 g/mol. The summed E-state index contributed by atoms with van der Waals surface area (Å²) in [5.41, 5.74) is 1.74. The van der Waals surface area contributed by atoms with Gasteiger partial charge in [-0.25, -0.2) is 0 Å². The summed E-state index contributed by atoms with van der Waals surface area (Å²) < 4.78 is 40.4. The Balaban J connectivity index is 1.62. The van der Waals surface area contributed by atoms with E-state index in [4.69, 9.17) is 11.6 Å². The first-order chi connectivity index (χ1) is 15.2. The lowest BCUT2D eigenvalue weighted by molar-refractivity contribution is -0.274. The molecular formula is C23H18ClF3N2O3. The van der Waals surface area contributed by atoms with Crippen molar-refractivity contribution in [2.24, 2.45) is 0 Å². The second-order valence-corrected chi connectivity index (χ2v) is 7.15. The molecule has 0 aliphatic carbocycles. The monoisotopic (exact) mass is 462 g/mol. The molecule has 32 heavy (non-hydrogen) atoms. The SMILES string of the molecule is O=C(CNC(=O)c1ccc(OC(F)(F)F)cc1)NC(c1ccccc1)c1ccc(Cl)cc1. The fourth-order valence-electron chi connectivity index (χ4n) is 2.94. The van der Waals surface area contributed by atoms with Crippen molar-refractivity contribution in [3.8, 4) is 5.75 Å². The minimum absolute atomic E-state index is 0.0876. The van der Waals surface area contributed by atoms with Crippen LogP contribution in [0.2, 0.25) is 5.02 Å². The Morgan fingerprint density at radius 3 is 2.06 bits per heavy atom. The molecule has 2 N–H and O–H groups in total. The molecule has 3 rings (SSSR count). The Hall–Kier alpha value is -3.52. The van der Waals surface area contributed by atoms with E-state index in [1.54, 1.807) is 24.3 Å². The summed E-state index contributed by atoms with van der Waals surface area (Å²) in [4.78, 5) is 24.8. The van der Waals surface area contributed by atoms with Gasteiger partial charge in [-0.2, -0.15) is 0 Å². The number of ether oxygens (including phenoxy) is 1. The van der Waals surface area contributed by atoms with Crippen LogP contribution >= 0.6 is 11.6 Å². The average molecular weight is 463 g/mol. The summed E-state index contributed by atoms with van der Waals surface area (Å²) in [6, 6.07) is 20.2. The van der Waals surface area contributed by atoms with Crippen molar-refractivity contribution >= 4 is 23.4 Å². The Kier molecular flexibility index (Phi) is 7.37. The van der Waals surface area contributed by atoms with Gasteiger partial charge in [-0.15, -0.1) is 13.2 Å². The van der Waals surface area contributed by atoms with Gasteiger partial charge in [0.05, 0.1) is 12.6 Å². The van der Waals surface area contributed by atoms with Gasteiger partial charge in [-0.1, -0.05) is 54.1 Å². The van der Waals surface area contributed by atoms with E-state index in [1.807, 2.05) is 30.3 Å². The molecule has 9 heteroatoms. The van der Waals surface area contributed by atoms with Gasteiger partial charge in [-0.05, 0) is 47.5 Å². The molecule has 0 fully saturated rings. The summed E-state index contributed by atoms with van der Waals surface area (Å²) in [5.74, 6) is -1.50. The van der Waals surface area contributed by atoms with Crippen molar-refractivity contribution in [3.05, 3.63) is 101 Å². The molecule has 1 unspecified atom stereocenters. The number of hydrogen-bond acceptors (Lipinski definition) is 3. The van der Waals surface area contributed by atoms with Crippen LogP contribution in [-0.2, 0) is 4.79 Å². The number of hydrogen-bond donors (Lipinski definition) is 2. The molecule has 0 saturated carbocycles. The van der Waals surface area contributed by atoms with E-state index in [2.05, 4.69) is 15.4 Å². The van der Waals surface area contributed by atoms with E-state index in [9.17, 15) is 22.8 Å². The number of alkyl halides is 3. The normalized spacial score (nSPS) is 12.0. The number of nitrogens with one attached hydrogen (secondary N) is 2. The molecule has 3 aromatic rings.